The molecule has 262 valence electrons. The number of anilines is 2. The SMILES string of the molecule is CCCCCCCCCCCC(=O)Nc1cccc(C(=O)CC(=O)Nc2cc(C(=O)OCC)ccc2Oc2cccc(C(=O)OCC)c2)c1. The number of nitrogens with one attached hydrogen (secondary N) is 2. The molecule has 3 aromatic carbocycles. The third-order valence-corrected chi connectivity index (χ3v) is 7.63. The van der Waals surface area contributed by atoms with Gasteiger partial charge in [-0.3, -0.25) is 14.4 Å². The van der Waals surface area contributed by atoms with E-state index in [0.717, 1.165) is 19.3 Å². The number of carbonyl (C=O) groups excluding carboxylic acids is 5. The largest absolute Gasteiger partial charge is 0.462 e. The third kappa shape index (κ3) is 13.6. The molecule has 0 bridgehead atoms. The maximum atomic E-state index is 13.1. The molecule has 0 saturated heterocycles. The van der Waals surface area contributed by atoms with Crippen molar-refractivity contribution in [3.63, 3.8) is 0 Å². The van der Waals surface area contributed by atoms with Gasteiger partial charge in [-0.25, -0.2) is 9.59 Å². The molecule has 49 heavy (non-hydrogen) atoms. The Kier molecular flexibility index (Phi) is 16.5. The van der Waals surface area contributed by atoms with E-state index in [-0.39, 0.29) is 53.0 Å². The van der Waals surface area contributed by atoms with E-state index in [1.807, 2.05) is 0 Å². The number of ketones is 1. The summed E-state index contributed by atoms with van der Waals surface area (Å²) in [7, 11) is 0. The monoisotopic (exact) mass is 672 g/mol. The maximum Gasteiger partial charge on any atom is 0.338 e. The van der Waals surface area contributed by atoms with Gasteiger partial charge in [0.1, 0.15) is 5.75 Å². The number of amides is 2. The van der Waals surface area contributed by atoms with Crippen LogP contribution in [0.5, 0.6) is 11.5 Å². The molecule has 2 amide bonds. The Morgan fingerprint density at radius 2 is 1.20 bits per heavy atom. The number of hydrogen-bond donors (Lipinski definition) is 2. The smallest absolute Gasteiger partial charge is 0.338 e. The van der Waals surface area contributed by atoms with Gasteiger partial charge in [-0.1, -0.05) is 76.5 Å². The predicted molar refractivity (Wildman–Crippen MR) is 189 cm³/mol. The second-order valence-corrected chi connectivity index (χ2v) is 11.6. The zero-order chi connectivity index (χ0) is 35.4. The molecule has 0 aliphatic carbocycles. The number of esters is 2. The molecule has 0 saturated carbocycles. The van der Waals surface area contributed by atoms with Crippen LogP contribution in [-0.4, -0.2) is 42.7 Å². The van der Waals surface area contributed by atoms with E-state index in [2.05, 4.69) is 17.6 Å². The zero-order valence-electron chi connectivity index (χ0n) is 28.8. The van der Waals surface area contributed by atoms with Crippen LogP contribution < -0.4 is 15.4 Å². The zero-order valence-corrected chi connectivity index (χ0v) is 28.8. The van der Waals surface area contributed by atoms with E-state index in [1.54, 1.807) is 56.3 Å². The number of Topliss-reactive ketones (excluding diaryl/α,β-unsaturated/α-hetero) is 1. The Hall–Kier alpha value is -4.99. The molecule has 3 aromatic rings. The number of hydrogen-bond acceptors (Lipinski definition) is 8. The van der Waals surface area contributed by atoms with E-state index in [0.29, 0.717) is 12.1 Å². The van der Waals surface area contributed by atoms with Crippen molar-refractivity contribution in [1.29, 1.82) is 0 Å². The molecule has 0 radical (unpaired) electrons. The van der Waals surface area contributed by atoms with Crippen LogP contribution in [0.15, 0.2) is 66.7 Å². The molecule has 10 nitrogen and oxygen atoms in total. The van der Waals surface area contributed by atoms with Gasteiger partial charge in [0.15, 0.2) is 11.5 Å². The van der Waals surface area contributed by atoms with Crippen molar-refractivity contribution in [2.75, 3.05) is 23.8 Å². The summed E-state index contributed by atoms with van der Waals surface area (Å²) in [5.41, 5.74) is 1.32. The first-order valence-electron chi connectivity index (χ1n) is 17.2. The first-order chi connectivity index (χ1) is 23.7. The topological polar surface area (TPSA) is 137 Å². The van der Waals surface area contributed by atoms with Gasteiger partial charge in [-0.15, -0.1) is 0 Å². The van der Waals surface area contributed by atoms with Gasteiger partial charge in [0.25, 0.3) is 0 Å². The number of benzene rings is 3. The Balaban J connectivity index is 1.61. The van der Waals surface area contributed by atoms with Crippen molar-refractivity contribution >= 4 is 40.9 Å². The number of carbonyl (C=O) groups is 5. The molecular formula is C39H48N2O8. The Morgan fingerprint density at radius 3 is 1.88 bits per heavy atom. The molecule has 0 spiro atoms. The molecule has 0 heterocycles. The molecule has 3 rings (SSSR count). The molecule has 10 heteroatoms. The van der Waals surface area contributed by atoms with E-state index in [9.17, 15) is 24.0 Å². The van der Waals surface area contributed by atoms with Crippen molar-refractivity contribution in [1.82, 2.24) is 0 Å². The molecule has 2 N–H and O–H groups in total. The van der Waals surface area contributed by atoms with Crippen LogP contribution in [0.2, 0.25) is 0 Å². The molecule has 0 aliphatic rings. The van der Waals surface area contributed by atoms with E-state index in [4.69, 9.17) is 14.2 Å². The molecule has 0 aromatic heterocycles. The number of rotatable bonds is 21. The van der Waals surface area contributed by atoms with Crippen LogP contribution in [0.4, 0.5) is 11.4 Å². The standard InChI is InChI=1S/C39H48N2O8/c1-4-7-8-9-10-11-12-13-14-21-36(43)40-31-19-15-17-28(24-31)34(42)27-37(44)41-33-26-30(39(46)48-6-3)22-23-35(33)49-32-20-16-18-29(25-32)38(45)47-5-2/h15-20,22-26H,4-14,21,27H2,1-3H3,(H,40,43)(H,41,44). The third-order valence-electron chi connectivity index (χ3n) is 7.63. The highest BCUT2D eigenvalue weighted by molar-refractivity contribution is 6.12. The van der Waals surface area contributed by atoms with Crippen molar-refractivity contribution in [2.24, 2.45) is 0 Å². The summed E-state index contributed by atoms with van der Waals surface area (Å²) >= 11 is 0. The lowest BCUT2D eigenvalue weighted by atomic mass is 10.1. The fourth-order valence-corrected chi connectivity index (χ4v) is 5.12. The van der Waals surface area contributed by atoms with Crippen molar-refractivity contribution < 1.29 is 38.2 Å². The molecule has 0 unspecified atom stereocenters. The maximum absolute atomic E-state index is 13.1. The summed E-state index contributed by atoms with van der Waals surface area (Å²) in [6, 6.07) is 17.2. The van der Waals surface area contributed by atoms with E-state index < -0.39 is 30.0 Å². The number of unbranched alkanes of at least 4 members (excludes halogenated alkanes) is 8. The van der Waals surface area contributed by atoms with Gasteiger partial charge >= 0.3 is 11.9 Å². The van der Waals surface area contributed by atoms with Crippen LogP contribution in [-0.2, 0) is 19.1 Å². The molecule has 0 aliphatic heterocycles. The van der Waals surface area contributed by atoms with Gasteiger partial charge in [0.2, 0.25) is 11.8 Å². The summed E-state index contributed by atoms with van der Waals surface area (Å²) in [5, 5.41) is 5.52. The fourth-order valence-electron chi connectivity index (χ4n) is 5.12. The highest BCUT2D eigenvalue weighted by atomic mass is 16.5. The highest BCUT2D eigenvalue weighted by Crippen LogP contribution is 2.32. The van der Waals surface area contributed by atoms with Crippen LogP contribution in [0.3, 0.4) is 0 Å². The summed E-state index contributed by atoms with van der Waals surface area (Å²) in [6.07, 6.45) is 10.4. The normalized spacial score (nSPS) is 10.6. The lowest BCUT2D eigenvalue weighted by Gasteiger charge is -2.14. The summed E-state index contributed by atoms with van der Waals surface area (Å²) < 4.78 is 16.1. The summed E-state index contributed by atoms with van der Waals surface area (Å²) in [4.78, 5) is 63.4. The van der Waals surface area contributed by atoms with Gasteiger partial charge in [0.05, 0.1) is 36.4 Å². The van der Waals surface area contributed by atoms with Crippen LogP contribution in [0, 0.1) is 0 Å². The first-order valence-corrected chi connectivity index (χ1v) is 17.2. The predicted octanol–water partition coefficient (Wildman–Crippen LogP) is 8.90. The van der Waals surface area contributed by atoms with Gasteiger partial charge in [0, 0.05) is 17.7 Å². The van der Waals surface area contributed by atoms with E-state index >= 15 is 0 Å². The Bertz CT molecular complexity index is 1570. The minimum atomic E-state index is -0.643. The van der Waals surface area contributed by atoms with Gasteiger partial charge < -0.3 is 24.8 Å². The lowest BCUT2D eigenvalue weighted by Crippen LogP contribution is -2.18. The quantitative estimate of drug-likeness (QED) is 0.0495. The fraction of sp³-hybridized carbons (Fsp3) is 0.410. The second kappa shape index (κ2) is 21.1. The van der Waals surface area contributed by atoms with Crippen molar-refractivity contribution in [3.8, 4) is 11.5 Å². The minimum Gasteiger partial charge on any atom is -0.462 e. The second-order valence-electron chi connectivity index (χ2n) is 11.6. The Morgan fingerprint density at radius 1 is 0.592 bits per heavy atom. The van der Waals surface area contributed by atoms with Crippen LogP contribution in [0.1, 0.15) is 122 Å². The van der Waals surface area contributed by atoms with Gasteiger partial charge in [-0.2, -0.15) is 0 Å². The average molecular weight is 673 g/mol. The minimum absolute atomic E-state index is 0.118. The summed E-state index contributed by atoms with van der Waals surface area (Å²) in [5.74, 6) is -1.87. The highest BCUT2D eigenvalue weighted by Gasteiger charge is 2.18. The van der Waals surface area contributed by atoms with Crippen LogP contribution >= 0.6 is 0 Å². The number of ether oxygens (including phenoxy) is 3. The summed E-state index contributed by atoms with van der Waals surface area (Å²) in [6.45, 7) is 5.97. The lowest BCUT2D eigenvalue weighted by molar-refractivity contribution is -0.116. The average Bonchev–Trinajstić information content (AvgIpc) is 3.08. The van der Waals surface area contributed by atoms with Crippen LogP contribution in [0.25, 0.3) is 0 Å². The molecule has 0 fully saturated rings. The molecular weight excluding hydrogens is 624 g/mol. The van der Waals surface area contributed by atoms with Crippen molar-refractivity contribution in [2.45, 2.75) is 91.4 Å². The Labute approximate surface area is 288 Å². The van der Waals surface area contributed by atoms with Crippen molar-refractivity contribution in [3.05, 3.63) is 83.4 Å². The van der Waals surface area contributed by atoms with Gasteiger partial charge in [-0.05, 0) is 68.8 Å². The van der Waals surface area contributed by atoms with E-state index in [1.165, 1.54) is 62.8 Å². The molecule has 0 atom stereocenters. The first kappa shape index (κ1) is 38.5.